The van der Waals surface area contributed by atoms with E-state index in [0.717, 1.165) is 5.92 Å². The van der Waals surface area contributed by atoms with E-state index in [2.05, 4.69) is 27.7 Å². The van der Waals surface area contributed by atoms with E-state index in [0.29, 0.717) is 18.1 Å². The topological polar surface area (TPSA) is 9.23 Å². The van der Waals surface area contributed by atoms with E-state index < -0.39 is 0 Å². The summed E-state index contributed by atoms with van der Waals surface area (Å²) in [5, 5.41) is 0. The van der Waals surface area contributed by atoms with Crippen molar-refractivity contribution < 1.29 is 4.74 Å². The van der Waals surface area contributed by atoms with Gasteiger partial charge in [-0.15, -0.1) is 0 Å². The van der Waals surface area contributed by atoms with Gasteiger partial charge in [0, 0.05) is 0 Å². The van der Waals surface area contributed by atoms with Crippen molar-refractivity contribution in [1.29, 1.82) is 0 Å². The highest BCUT2D eigenvalue weighted by molar-refractivity contribution is 4.80. The molecule has 0 saturated heterocycles. The van der Waals surface area contributed by atoms with Crippen LogP contribution in [0.25, 0.3) is 0 Å². The first-order valence-corrected chi connectivity index (χ1v) is 5.26. The van der Waals surface area contributed by atoms with Crippen molar-refractivity contribution >= 4 is 0 Å². The lowest BCUT2D eigenvalue weighted by molar-refractivity contribution is -0.0710. The minimum absolute atomic E-state index is 0.387. The van der Waals surface area contributed by atoms with Crippen molar-refractivity contribution in [2.24, 2.45) is 11.8 Å². The van der Waals surface area contributed by atoms with Crippen LogP contribution in [0.3, 0.4) is 0 Å². The third-order valence-electron chi connectivity index (χ3n) is 2.70. The van der Waals surface area contributed by atoms with Crippen molar-refractivity contribution in [3.8, 4) is 0 Å². The molecule has 0 aromatic carbocycles. The Balaban J connectivity index is 2.37. The first-order valence-electron chi connectivity index (χ1n) is 5.26. The van der Waals surface area contributed by atoms with Crippen LogP contribution < -0.4 is 0 Å². The van der Waals surface area contributed by atoms with E-state index in [4.69, 9.17) is 4.74 Å². The average Bonchev–Trinajstić information content (AvgIpc) is 1.80. The molecule has 0 heterocycles. The first-order chi connectivity index (χ1) is 5.61. The Morgan fingerprint density at radius 3 is 1.92 bits per heavy atom. The highest BCUT2D eigenvalue weighted by Gasteiger charge is 2.30. The van der Waals surface area contributed by atoms with Crippen molar-refractivity contribution in [3.63, 3.8) is 0 Å². The van der Waals surface area contributed by atoms with Crippen LogP contribution in [-0.2, 0) is 4.74 Å². The Morgan fingerprint density at radius 2 is 1.67 bits per heavy atom. The number of ether oxygens (including phenoxy) is 1. The monoisotopic (exact) mass is 170 g/mol. The zero-order valence-corrected chi connectivity index (χ0v) is 8.84. The molecule has 0 spiro atoms. The molecule has 0 radical (unpaired) electrons. The maximum Gasteiger partial charge on any atom is 0.0629 e. The summed E-state index contributed by atoms with van der Waals surface area (Å²) in [5.41, 5.74) is 0. The Morgan fingerprint density at radius 1 is 1.08 bits per heavy atom. The van der Waals surface area contributed by atoms with Crippen LogP contribution in [0.15, 0.2) is 0 Å². The van der Waals surface area contributed by atoms with Gasteiger partial charge in [-0.3, -0.25) is 0 Å². The zero-order valence-electron chi connectivity index (χ0n) is 8.84. The Hall–Kier alpha value is -0.0400. The summed E-state index contributed by atoms with van der Waals surface area (Å²) in [4.78, 5) is 0. The van der Waals surface area contributed by atoms with Crippen LogP contribution in [0.1, 0.15) is 47.0 Å². The summed E-state index contributed by atoms with van der Waals surface area (Å²) in [7, 11) is 0. The summed E-state index contributed by atoms with van der Waals surface area (Å²) in [6.07, 6.45) is 5.08. The summed E-state index contributed by atoms with van der Waals surface area (Å²) in [5.74, 6) is 1.53. The lowest BCUT2D eigenvalue weighted by atomic mass is 9.77. The van der Waals surface area contributed by atoms with Gasteiger partial charge in [0.15, 0.2) is 0 Å². The summed E-state index contributed by atoms with van der Waals surface area (Å²) >= 11 is 0. The standard InChI is InChI=1S/C11H22O/c1-8(2)11(12-9(3)4)10-6-5-7-10/h8-11H,5-7H2,1-4H3. The van der Waals surface area contributed by atoms with Crippen LogP contribution in [0, 0.1) is 11.8 Å². The van der Waals surface area contributed by atoms with Crippen LogP contribution >= 0.6 is 0 Å². The van der Waals surface area contributed by atoms with Crippen LogP contribution in [0.2, 0.25) is 0 Å². The molecule has 0 aromatic rings. The molecule has 0 N–H and O–H groups in total. The van der Waals surface area contributed by atoms with Gasteiger partial charge < -0.3 is 4.74 Å². The van der Waals surface area contributed by atoms with Crippen molar-refractivity contribution in [3.05, 3.63) is 0 Å². The molecule has 12 heavy (non-hydrogen) atoms. The molecule has 1 heteroatoms. The molecule has 1 fully saturated rings. The van der Waals surface area contributed by atoms with Gasteiger partial charge in [0.25, 0.3) is 0 Å². The highest BCUT2D eigenvalue weighted by Crippen LogP contribution is 2.34. The lowest BCUT2D eigenvalue weighted by Gasteiger charge is -2.37. The van der Waals surface area contributed by atoms with Crippen LogP contribution in [0.4, 0.5) is 0 Å². The third kappa shape index (κ3) is 2.48. The van der Waals surface area contributed by atoms with Crippen LogP contribution in [0.5, 0.6) is 0 Å². The number of hydrogen-bond acceptors (Lipinski definition) is 1. The predicted molar refractivity (Wildman–Crippen MR) is 52.2 cm³/mol. The Bertz CT molecular complexity index is 125. The molecule has 1 nitrogen and oxygen atoms in total. The number of hydrogen-bond donors (Lipinski definition) is 0. The van der Waals surface area contributed by atoms with Crippen molar-refractivity contribution in [2.75, 3.05) is 0 Å². The van der Waals surface area contributed by atoms with Gasteiger partial charge in [-0.2, -0.15) is 0 Å². The molecule has 1 rings (SSSR count). The predicted octanol–water partition coefficient (Wildman–Crippen LogP) is 3.24. The van der Waals surface area contributed by atoms with Gasteiger partial charge in [0.2, 0.25) is 0 Å². The van der Waals surface area contributed by atoms with E-state index in [1.807, 2.05) is 0 Å². The molecule has 1 aliphatic carbocycles. The Kier molecular flexibility index (Phi) is 3.57. The second-order valence-electron chi connectivity index (χ2n) is 4.58. The molecule has 0 bridgehead atoms. The fraction of sp³-hybridized carbons (Fsp3) is 1.00. The van der Waals surface area contributed by atoms with Gasteiger partial charge in [0.05, 0.1) is 12.2 Å². The smallest absolute Gasteiger partial charge is 0.0629 e. The molecule has 72 valence electrons. The molecule has 1 unspecified atom stereocenters. The lowest BCUT2D eigenvalue weighted by Crippen LogP contribution is -2.35. The Labute approximate surface area is 76.5 Å². The summed E-state index contributed by atoms with van der Waals surface area (Å²) in [6, 6.07) is 0. The molecule has 1 aliphatic rings. The minimum Gasteiger partial charge on any atom is -0.375 e. The second kappa shape index (κ2) is 4.27. The third-order valence-corrected chi connectivity index (χ3v) is 2.70. The molecule has 1 saturated carbocycles. The van der Waals surface area contributed by atoms with E-state index >= 15 is 0 Å². The van der Waals surface area contributed by atoms with E-state index in [9.17, 15) is 0 Å². The van der Waals surface area contributed by atoms with E-state index in [1.54, 1.807) is 0 Å². The van der Waals surface area contributed by atoms with Gasteiger partial charge in [0.1, 0.15) is 0 Å². The first kappa shape index (κ1) is 10.0. The van der Waals surface area contributed by atoms with Crippen LogP contribution in [-0.4, -0.2) is 12.2 Å². The highest BCUT2D eigenvalue weighted by atomic mass is 16.5. The molecular weight excluding hydrogens is 148 g/mol. The van der Waals surface area contributed by atoms with Gasteiger partial charge in [-0.05, 0) is 38.5 Å². The summed E-state index contributed by atoms with van der Waals surface area (Å²) in [6.45, 7) is 8.80. The minimum atomic E-state index is 0.387. The van der Waals surface area contributed by atoms with Gasteiger partial charge in [-0.25, -0.2) is 0 Å². The maximum absolute atomic E-state index is 5.92. The molecule has 0 aromatic heterocycles. The SMILES string of the molecule is CC(C)OC(C(C)C)C1CCC1. The fourth-order valence-corrected chi connectivity index (χ4v) is 1.90. The quantitative estimate of drug-likeness (QED) is 0.629. The van der Waals surface area contributed by atoms with Crippen molar-refractivity contribution in [2.45, 2.75) is 59.2 Å². The van der Waals surface area contributed by atoms with Gasteiger partial charge in [-0.1, -0.05) is 20.3 Å². The van der Waals surface area contributed by atoms with E-state index in [-0.39, 0.29) is 0 Å². The average molecular weight is 170 g/mol. The molecule has 1 atom stereocenters. The molecule has 0 aliphatic heterocycles. The second-order valence-corrected chi connectivity index (χ2v) is 4.58. The zero-order chi connectivity index (χ0) is 9.14. The molecule has 0 amide bonds. The van der Waals surface area contributed by atoms with Crippen molar-refractivity contribution in [1.82, 2.24) is 0 Å². The largest absolute Gasteiger partial charge is 0.375 e. The van der Waals surface area contributed by atoms with E-state index in [1.165, 1.54) is 19.3 Å². The fourth-order valence-electron chi connectivity index (χ4n) is 1.90. The number of rotatable bonds is 4. The summed E-state index contributed by atoms with van der Waals surface area (Å²) < 4.78 is 5.92. The normalized spacial score (nSPS) is 21.5. The molecular formula is C11H22O. The maximum atomic E-state index is 5.92. The van der Waals surface area contributed by atoms with Gasteiger partial charge >= 0.3 is 0 Å².